The third-order valence-electron chi connectivity index (χ3n) is 4.64. The van der Waals surface area contributed by atoms with Gasteiger partial charge >= 0.3 is 0 Å². The van der Waals surface area contributed by atoms with Gasteiger partial charge in [-0.1, -0.05) is 23.8 Å². The van der Waals surface area contributed by atoms with E-state index in [1.165, 1.54) is 22.5 Å². The second-order valence-corrected chi connectivity index (χ2v) is 7.39. The molecule has 0 aliphatic carbocycles. The van der Waals surface area contributed by atoms with Crippen molar-refractivity contribution in [1.29, 1.82) is 0 Å². The molecule has 3 rings (SSSR count). The first-order chi connectivity index (χ1) is 13.0. The van der Waals surface area contributed by atoms with Crippen molar-refractivity contribution in [3.8, 4) is 11.3 Å². The van der Waals surface area contributed by atoms with Crippen molar-refractivity contribution in [3.05, 3.63) is 64.5 Å². The van der Waals surface area contributed by atoms with Gasteiger partial charge in [0, 0.05) is 35.3 Å². The fraction of sp³-hybridized carbons (Fsp3) is 0.273. The molecule has 0 fully saturated rings. The highest BCUT2D eigenvalue weighted by atomic mass is 32.1. The Morgan fingerprint density at radius 3 is 2.41 bits per heavy atom. The third-order valence-corrected chi connectivity index (χ3v) is 5.40. The van der Waals surface area contributed by atoms with Gasteiger partial charge in [0.1, 0.15) is 0 Å². The normalized spacial score (nSPS) is 10.7. The molecule has 0 aliphatic heterocycles. The molecule has 0 spiro atoms. The summed E-state index contributed by atoms with van der Waals surface area (Å²) in [5.41, 5.74) is 6.17. The van der Waals surface area contributed by atoms with Gasteiger partial charge in [-0.05, 0) is 57.5 Å². The second kappa shape index (κ2) is 8.35. The lowest BCUT2D eigenvalue weighted by Crippen LogP contribution is -2.21. The van der Waals surface area contributed by atoms with Crippen LogP contribution < -0.4 is 10.2 Å². The van der Waals surface area contributed by atoms with Gasteiger partial charge in [0.2, 0.25) is 0 Å². The number of hydrogen-bond donors (Lipinski definition) is 1. The summed E-state index contributed by atoms with van der Waals surface area (Å²) in [5, 5.41) is 5.51. The molecule has 0 atom stereocenters. The number of aromatic nitrogens is 1. The summed E-state index contributed by atoms with van der Waals surface area (Å²) in [6.45, 7) is 10.3. The number of nitrogens with one attached hydrogen (secondary N) is 1. The molecule has 1 amide bonds. The molecule has 0 bridgehead atoms. The highest BCUT2D eigenvalue weighted by Crippen LogP contribution is 2.28. The standard InChI is InChI=1S/C22H25N3OS/c1-5-25(6-2)18-10-8-17(9-11-18)21(26)24-22-23-20(14-27-22)19-12-7-15(3)13-16(19)4/h7-14H,5-6H2,1-4H3,(H,23,24,26). The molecule has 0 aliphatic rings. The Labute approximate surface area is 164 Å². The highest BCUT2D eigenvalue weighted by Gasteiger charge is 2.12. The van der Waals surface area contributed by atoms with Crippen molar-refractivity contribution in [3.63, 3.8) is 0 Å². The summed E-state index contributed by atoms with van der Waals surface area (Å²) >= 11 is 1.44. The third kappa shape index (κ3) is 4.37. The van der Waals surface area contributed by atoms with Crippen molar-refractivity contribution in [1.82, 2.24) is 4.98 Å². The molecule has 4 nitrogen and oxygen atoms in total. The van der Waals surface area contributed by atoms with Gasteiger partial charge in [0.05, 0.1) is 5.69 Å². The molecule has 0 saturated carbocycles. The summed E-state index contributed by atoms with van der Waals surface area (Å²) in [7, 11) is 0. The van der Waals surface area contributed by atoms with E-state index in [-0.39, 0.29) is 5.91 Å². The van der Waals surface area contributed by atoms with Crippen LogP contribution in [0.1, 0.15) is 35.3 Å². The van der Waals surface area contributed by atoms with E-state index in [4.69, 9.17) is 0 Å². The van der Waals surface area contributed by atoms with E-state index in [9.17, 15) is 4.79 Å². The first-order valence-corrected chi connectivity index (χ1v) is 10.1. The molecule has 1 N–H and O–H groups in total. The number of carbonyl (C=O) groups is 1. The predicted octanol–water partition coefficient (Wildman–Crippen LogP) is 5.53. The van der Waals surface area contributed by atoms with Crippen LogP contribution in [0.5, 0.6) is 0 Å². The zero-order chi connectivity index (χ0) is 19.4. The van der Waals surface area contributed by atoms with Crippen LogP contribution in [0.4, 0.5) is 10.8 Å². The Kier molecular flexibility index (Phi) is 5.91. The number of benzene rings is 2. The number of thiazole rings is 1. The highest BCUT2D eigenvalue weighted by molar-refractivity contribution is 7.14. The van der Waals surface area contributed by atoms with Gasteiger partial charge in [-0.25, -0.2) is 4.98 Å². The van der Waals surface area contributed by atoms with Crippen LogP contribution >= 0.6 is 11.3 Å². The first-order valence-electron chi connectivity index (χ1n) is 9.21. The van der Waals surface area contributed by atoms with Crippen LogP contribution in [-0.2, 0) is 0 Å². The van der Waals surface area contributed by atoms with Crippen LogP contribution in [0, 0.1) is 13.8 Å². The number of hydrogen-bond acceptors (Lipinski definition) is 4. The molecule has 27 heavy (non-hydrogen) atoms. The smallest absolute Gasteiger partial charge is 0.257 e. The average molecular weight is 380 g/mol. The van der Waals surface area contributed by atoms with Crippen LogP contribution in [0.15, 0.2) is 47.8 Å². The summed E-state index contributed by atoms with van der Waals surface area (Å²) in [5.74, 6) is -0.136. The number of rotatable bonds is 6. The van der Waals surface area contributed by atoms with E-state index >= 15 is 0 Å². The van der Waals surface area contributed by atoms with Gasteiger partial charge in [-0.15, -0.1) is 11.3 Å². The maximum atomic E-state index is 12.5. The Morgan fingerprint density at radius 1 is 1.07 bits per heavy atom. The fourth-order valence-electron chi connectivity index (χ4n) is 3.14. The lowest BCUT2D eigenvalue weighted by Gasteiger charge is -2.20. The number of carbonyl (C=O) groups excluding carboxylic acids is 1. The SMILES string of the molecule is CCN(CC)c1ccc(C(=O)Nc2nc(-c3ccc(C)cc3C)cs2)cc1. The molecule has 0 unspecified atom stereocenters. The number of aryl methyl sites for hydroxylation is 2. The molecule has 1 aromatic heterocycles. The van der Waals surface area contributed by atoms with Crippen LogP contribution in [0.25, 0.3) is 11.3 Å². The second-order valence-electron chi connectivity index (χ2n) is 6.53. The van der Waals surface area contributed by atoms with E-state index in [0.29, 0.717) is 10.7 Å². The van der Waals surface area contributed by atoms with Gasteiger partial charge in [-0.3, -0.25) is 10.1 Å². The minimum Gasteiger partial charge on any atom is -0.372 e. The van der Waals surface area contributed by atoms with Gasteiger partial charge < -0.3 is 4.90 Å². The van der Waals surface area contributed by atoms with Crippen molar-refractivity contribution in [2.45, 2.75) is 27.7 Å². The molecular formula is C22H25N3OS. The minimum atomic E-state index is -0.136. The van der Waals surface area contributed by atoms with Gasteiger partial charge in [0.25, 0.3) is 5.91 Å². The minimum absolute atomic E-state index is 0.136. The molecular weight excluding hydrogens is 354 g/mol. The largest absolute Gasteiger partial charge is 0.372 e. The Hall–Kier alpha value is -2.66. The molecule has 5 heteroatoms. The molecule has 140 valence electrons. The Balaban J connectivity index is 1.72. The zero-order valence-electron chi connectivity index (χ0n) is 16.2. The molecule has 3 aromatic rings. The lowest BCUT2D eigenvalue weighted by atomic mass is 10.0. The maximum absolute atomic E-state index is 12.5. The van der Waals surface area contributed by atoms with Gasteiger partial charge in [-0.2, -0.15) is 0 Å². The van der Waals surface area contributed by atoms with Crippen molar-refractivity contribution in [2.75, 3.05) is 23.3 Å². The number of anilines is 2. The summed E-state index contributed by atoms with van der Waals surface area (Å²) in [4.78, 5) is 19.4. The van der Waals surface area contributed by atoms with Crippen LogP contribution in [0.3, 0.4) is 0 Å². The quantitative estimate of drug-likeness (QED) is 0.613. The molecule has 0 saturated heterocycles. The monoisotopic (exact) mass is 379 g/mol. The first kappa shape index (κ1) is 19.1. The van der Waals surface area contributed by atoms with E-state index in [2.05, 4.69) is 61.1 Å². The summed E-state index contributed by atoms with van der Waals surface area (Å²) in [6, 6.07) is 14.0. The molecule has 0 radical (unpaired) electrons. The predicted molar refractivity (Wildman–Crippen MR) is 115 cm³/mol. The average Bonchev–Trinajstić information content (AvgIpc) is 3.11. The zero-order valence-corrected chi connectivity index (χ0v) is 17.1. The van der Waals surface area contributed by atoms with E-state index in [1.54, 1.807) is 0 Å². The van der Waals surface area contributed by atoms with E-state index < -0.39 is 0 Å². The molecule has 2 aromatic carbocycles. The number of nitrogens with zero attached hydrogens (tertiary/aromatic N) is 2. The van der Waals surface area contributed by atoms with Crippen molar-refractivity contribution < 1.29 is 4.79 Å². The maximum Gasteiger partial charge on any atom is 0.257 e. The molecule has 1 heterocycles. The Bertz CT molecular complexity index is 927. The van der Waals surface area contributed by atoms with Gasteiger partial charge in [0.15, 0.2) is 5.13 Å². The van der Waals surface area contributed by atoms with E-state index in [0.717, 1.165) is 30.0 Å². The topological polar surface area (TPSA) is 45.2 Å². The number of amides is 1. The fourth-order valence-corrected chi connectivity index (χ4v) is 3.84. The van der Waals surface area contributed by atoms with E-state index in [1.807, 2.05) is 29.6 Å². The van der Waals surface area contributed by atoms with Crippen LogP contribution in [-0.4, -0.2) is 24.0 Å². The lowest BCUT2D eigenvalue weighted by molar-refractivity contribution is 0.102. The summed E-state index contributed by atoms with van der Waals surface area (Å²) < 4.78 is 0. The van der Waals surface area contributed by atoms with Crippen molar-refractivity contribution in [2.24, 2.45) is 0 Å². The van der Waals surface area contributed by atoms with Crippen LogP contribution in [0.2, 0.25) is 0 Å². The Morgan fingerprint density at radius 2 is 1.78 bits per heavy atom. The summed E-state index contributed by atoms with van der Waals surface area (Å²) in [6.07, 6.45) is 0. The van der Waals surface area contributed by atoms with Crippen molar-refractivity contribution >= 4 is 28.1 Å².